The quantitative estimate of drug-likeness (QED) is 0.892. The molecule has 1 fully saturated rings. The lowest BCUT2D eigenvalue weighted by Crippen LogP contribution is -2.48. The van der Waals surface area contributed by atoms with Gasteiger partial charge in [-0.15, -0.1) is 0 Å². The van der Waals surface area contributed by atoms with Crippen LogP contribution >= 0.6 is 11.8 Å². The summed E-state index contributed by atoms with van der Waals surface area (Å²) in [4.78, 5) is 14.6. The van der Waals surface area contributed by atoms with Crippen LogP contribution in [0.3, 0.4) is 0 Å². The smallest absolute Gasteiger partial charge is 0.270 e. The van der Waals surface area contributed by atoms with Gasteiger partial charge in [-0.1, -0.05) is 6.92 Å². The molecule has 0 aromatic carbocycles. The molecule has 1 aliphatic heterocycles. The van der Waals surface area contributed by atoms with E-state index in [1.807, 2.05) is 34.3 Å². The molecule has 0 bridgehead atoms. The number of carbonyl (C=O) groups is 1. The molecule has 2 rings (SSSR count). The number of hydrogen-bond acceptors (Lipinski definition) is 3. The largest absolute Gasteiger partial charge is 0.397 e. The highest BCUT2D eigenvalue weighted by molar-refractivity contribution is 8.00. The molecule has 1 aromatic rings. The van der Waals surface area contributed by atoms with Gasteiger partial charge in [-0.2, -0.15) is 11.8 Å². The van der Waals surface area contributed by atoms with E-state index < -0.39 is 0 Å². The van der Waals surface area contributed by atoms with Crippen LogP contribution in [0.1, 0.15) is 31.3 Å². The average Bonchev–Trinajstić information content (AvgIpc) is 2.73. The number of rotatable bonds is 2. The van der Waals surface area contributed by atoms with Gasteiger partial charge in [0.15, 0.2) is 0 Å². The van der Waals surface area contributed by atoms with Gasteiger partial charge in [0.05, 0.1) is 5.69 Å². The van der Waals surface area contributed by atoms with Crippen molar-refractivity contribution in [3.63, 3.8) is 0 Å². The molecular formula is C13H21N3OS. The third kappa shape index (κ3) is 2.36. The summed E-state index contributed by atoms with van der Waals surface area (Å²) in [5.41, 5.74) is 7.16. The molecule has 0 spiro atoms. The number of amides is 1. The second-order valence-electron chi connectivity index (χ2n) is 4.76. The molecule has 5 heteroatoms. The van der Waals surface area contributed by atoms with E-state index in [1.165, 1.54) is 0 Å². The lowest BCUT2D eigenvalue weighted by molar-refractivity contribution is 0.0687. The molecule has 2 atom stereocenters. The molecule has 1 amide bonds. The van der Waals surface area contributed by atoms with Crippen molar-refractivity contribution in [2.24, 2.45) is 0 Å². The van der Waals surface area contributed by atoms with Crippen LogP contribution in [0.4, 0.5) is 5.69 Å². The van der Waals surface area contributed by atoms with Crippen LogP contribution in [0.2, 0.25) is 0 Å². The number of nitrogens with two attached hydrogens (primary N) is 1. The Morgan fingerprint density at radius 2 is 2.28 bits per heavy atom. The SMILES string of the molecule is CCn1cc(N)cc1C(=O)N1CCSC(C)C1C. The molecule has 0 aliphatic carbocycles. The monoisotopic (exact) mass is 267 g/mol. The zero-order valence-electron chi connectivity index (χ0n) is 11.2. The van der Waals surface area contributed by atoms with Crippen molar-refractivity contribution in [1.82, 2.24) is 9.47 Å². The molecule has 4 nitrogen and oxygen atoms in total. The highest BCUT2D eigenvalue weighted by Crippen LogP contribution is 2.26. The lowest BCUT2D eigenvalue weighted by atomic mass is 10.2. The van der Waals surface area contributed by atoms with Gasteiger partial charge in [0.25, 0.3) is 5.91 Å². The Labute approximate surface area is 113 Å². The van der Waals surface area contributed by atoms with Crippen LogP contribution in [0.5, 0.6) is 0 Å². The predicted octanol–water partition coefficient (Wildman–Crippen LogP) is 2.06. The van der Waals surface area contributed by atoms with Crippen LogP contribution in [0.15, 0.2) is 12.3 Å². The van der Waals surface area contributed by atoms with Crippen molar-refractivity contribution in [2.75, 3.05) is 18.0 Å². The minimum absolute atomic E-state index is 0.105. The maximum Gasteiger partial charge on any atom is 0.270 e. The van der Waals surface area contributed by atoms with Crippen LogP contribution in [0.25, 0.3) is 0 Å². The number of nitrogen functional groups attached to an aromatic ring is 1. The fraction of sp³-hybridized carbons (Fsp3) is 0.615. The van der Waals surface area contributed by atoms with Gasteiger partial charge in [-0.3, -0.25) is 4.79 Å². The molecule has 100 valence electrons. The second kappa shape index (κ2) is 5.26. The maximum atomic E-state index is 12.6. The van der Waals surface area contributed by atoms with Crippen LogP contribution in [-0.4, -0.2) is 39.0 Å². The minimum Gasteiger partial charge on any atom is -0.397 e. The Kier molecular flexibility index (Phi) is 3.90. The van der Waals surface area contributed by atoms with Crippen LogP contribution < -0.4 is 5.73 Å². The van der Waals surface area contributed by atoms with Crippen molar-refractivity contribution in [3.8, 4) is 0 Å². The summed E-state index contributed by atoms with van der Waals surface area (Å²) in [5.74, 6) is 1.12. The van der Waals surface area contributed by atoms with E-state index in [0.717, 1.165) is 18.8 Å². The summed E-state index contributed by atoms with van der Waals surface area (Å²) in [6.45, 7) is 7.92. The zero-order valence-corrected chi connectivity index (χ0v) is 12.0. The highest BCUT2D eigenvalue weighted by atomic mass is 32.2. The molecule has 2 heterocycles. The van der Waals surface area contributed by atoms with Gasteiger partial charge < -0.3 is 15.2 Å². The summed E-state index contributed by atoms with van der Waals surface area (Å²) in [6.07, 6.45) is 1.83. The molecule has 1 aromatic heterocycles. The molecule has 18 heavy (non-hydrogen) atoms. The number of aryl methyl sites for hydroxylation is 1. The summed E-state index contributed by atoms with van der Waals surface area (Å²) in [6, 6.07) is 2.06. The topological polar surface area (TPSA) is 51.3 Å². The predicted molar refractivity (Wildman–Crippen MR) is 76.9 cm³/mol. The molecule has 1 aliphatic rings. The van der Waals surface area contributed by atoms with Gasteiger partial charge in [0.1, 0.15) is 5.69 Å². The molecule has 0 saturated carbocycles. The number of carbonyl (C=O) groups excluding carboxylic acids is 1. The molecule has 2 N–H and O–H groups in total. The van der Waals surface area contributed by atoms with E-state index >= 15 is 0 Å². The Hall–Kier alpha value is -1.10. The maximum absolute atomic E-state index is 12.6. The standard InChI is InChI=1S/C13H21N3OS/c1-4-15-8-11(14)7-12(15)13(17)16-5-6-18-10(3)9(16)2/h7-10H,4-6,14H2,1-3H3. The normalized spacial score (nSPS) is 24.3. The Balaban J connectivity index is 2.24. The number of nitrogens with zero attached hydrogens (tertiary/aromatic N) is 2. The first-order valence-electron chi connectivity index (χ1n) is 6.42. The van der Waals surface area contributed by atoms with Gasteiger partial charge >= 0.3 is 0 Å². The van der Waals surface area contributed by atoms with E-state index in [2.05, 4.69) is 13.8 Å². The minimum atomic E-state index is 0.105. The van der Waals surface area contributed by atoms with Crippen molar-refractivity contribution >= 4 is 23.4 Å². The third-order valence-corrected chi connectivity index (χ3v) is 4.96. The second-order valence-corrected chi connectivity index (χ2v) is 6.24. The van der Waals surface area contributed by atoms with Crippen molar-refractivity contribution in [1.29, 1.82) is 0 Å². The molecule has 1 saturated heterocycles. The zero-order chi connectivity index (χ0) is 13.3. The van der Waals surface area contributed by atoms with Crippen molar-refractivity contribution in [2.45, 2.75) is 38.6 Å². The van der Waals surface area contributed by atoms with Crippen molar-refractivity contribution in [3.05, 3.63) is 18.0 Å². The fourth-order valence-electron chi connectivity index (χ4n) is 2.34. The number of anilines is 1. The summed E-state index contributed by atoms with van der Waals surface area (Å²) >= 11 is 1.93. The number of thioether (sulfide) groups is 1. The first kappa shape index (κ1) is 13.3. The number of aromatic nitrogens is 1. The lowest BCUT2D eigenvalue weighted by Gasteiger charge is -2.37. The fourth-order valence-corrected chi connectivity index (χ4v) is 3.44. The summed E-state index contributed by atoms with van der Waals surface area (Å²) < 4.78 is 1.93. The van der Waals surface area contributed by atoms with Gasteiger partial charge in [-0.25, -0.2) is 0 Å². The Morgan fingerprint density at radius 1 is 1.56 bits per heavy atom. The third-order valence-electron chi connectivity index (χ3n) is 3.62. The number of hydrogen-bond donors (Lipinski definition) is 1. The summed E-state index contributed by atoms with van der Waals surface area (Å²) in [7, 11) is 0. The summed E-state index contributed by atoms with van der Waals surface area (Å²) in [5, 5.41) is 0.491. The van der Waals surface area contributed by atoms with Gasteiger partial charge in [0.2, 0.25) is 0 Å². The first-order chi connectivity index (χ1) is 8.54. The Morgan fingerprint density at radius 3 is 2.94 bits per heavy atom. The molecule has 2 unspecified atom stereocenters. The van der Waals surface area contributed by atoms with Gasteiger partial charge in [-0.05, 0) is 19.9 Å². The highest BCUT2D eigenvalue weighted by Gasteiger charge is 2.30. The van der Waals surface area contributed by atoms with E-state index in [0.29, 0.717) is 16.6 Å². The van der Waals surface area contributed by atoms with E-state index in [-0.39, 0.29) is 11.9 Å². The van der Waals surface area contributed by atoms with Crippen LogP contribution in [0, 0.1) is 0 Å². The van der Waals surface area contributed by atoms with E-state index in [4.69, 9.17) is 5.73 Å². The van der Waals surface area contributed by atoms with Crippen molar-refractivity contribution < 1.29 is 4.79 Å². The molecule has 0 radical (unpaired) electrons. The van der Waals surface area contributed by atoms with E-state index in [1.54, 1.807) is 6.07 Å². The Bertz CT molecular complexity index is 443. The molecular weight excluding hydrogens is 246 g/mol. The van der Waals surface area contributed by atoms with E-state index in [9.17, 15) is 4.79 Å². The van der Waals surface area contributed by atoms with Gasteiger partial charge in [0, 0.05) is 36.3 Å². The van der Waals surface area contributed by atoms with Crippen LogP contribution in [-0.2, 0) is 6.54 Å². The average molecular weight is 267 g/mol. The first-order valence-corrected chi connectivity index (χ1v) is 7.47.